The average molecular weight is 465 g/mol. The number of carbonyl (C=O) groups excluding carboxylic acids is 2. The van der Waals surface area contributed by atoms with Gasteiger partial charge >= 0.3 is 0 Å². The fourth-order valence-electron chi connectivity index (χ4n) is 3.11. The highest BCUT2D eigenvalue weighted by Crippen LogP contribution is 2.22. The van der Waals surface area contributed by atoms with E-state index in [9.17, 15) is 9.59 Å². The summed E-state index contributed by atoms with van der Waals surface area (Å²) in [5.41, 5.74) is 1.63. The summed E-state index contributed by atoms with van der Waals surface area (Å²) in [7, 11) is 0. The Kier molecular flexibility index (Phi) is 9.66. The molecule has 0 aromatic heterocycles. The number of carbonyl (C=O) groups is 2. The van der Waals surface area contributed by atoms with Gasteiger partial charge in [-0.15, -0.1) is 0 Å². The second kappa shape index (κ2) is 12.0. The first-order chi connectivity index (χ1) is 14.8. The van der Waals surface area contributed by atoms with Crippen molar-refractivity contribution in [1.29, 1.82) is 0 Å². The molecule has 0 saturated carbocycles. The van der Waals surface area contributed by atoms with Gasteiger partial charge in [-0.25, -0.2) is 0 Å². The lowest BCUT2D eigenvalue weighted by Crippen LogP contribution is -2.51. The molecule has 0 heterocycles. The van der Waals surface area contributed by atoms with E-state index in [1.54, 1.807) is 29.2 Å². The van der Waals surface area contributed by atoms with Gasteiger partial charge in [0, 0.05) is 22.6 Å². The number of ether oxygens (including phenoxy) is 1. The summed E-state index contributed by atoms with van der Waals surface area (Å²) >= 11 is 12.4. The zero-order chi connectivity index (χ0) is 23.0. The first kappa shape index (κ1) is 25.0. The summed E-state index contributed by atoms with van der Waals surface area (Å²) in [6, 6.07) is 11.9. The predicted octanol–water partition coefficient (Wildman–Crippen LogP) is 5.40. The molecule has 0 spiro atoms. The third-order valence-electron chi connectivity index (χ3n) is 5.18. The SMILES string of the molecule is CC[C@H](C)NC(=O)[C@H](CC)N(Cc1ccccc1Cl)C(=O)COc1ccc(Cl)c(C)c1. The maximum absolute atomic E-state index is 13.2. The van der Waals surface area contributed by atoms with Crippen LogP contribution < -0.4 is 10.1 Å². The van der Waals surface area contributed by atoms with Crippen LogP contribution in [0, 0.1) is 6.92 Å². The molecule has 0 radical (unpaired) electrons. The number of halogens is 2. The van der Waals surface area contributed by atoms with Crippen molar-refractivity contribution in [2.75, 3.05) is 6.61 Å². The van der Waals surface area contributed by atoms with E-state index in [2.05, 4.69) is 5.32 Å². The first-order valence-corrected chi connectivity index (χ1v) is 11.2. The Balaban J connectivity index is 2.24. The van der Waals surface area contributed by atoms with Crippen LogP contribution in [0.15, 0.2) is 42.5 Å². The molecular formula is C24H30Cl2N2O3. The van der Waals surface area contributed by atoms with Crippen molar-refractivity contribution in [3.05, 3.63) is 63.6 Å². The lowest BCUT2D eigenvalue weighted by atomic mass is 10.1. The van der Waals surface area contributed by atoms with Gasteiger partial charge in [0.2, 0.25) is 5.91 Å². The van der Waals surface area contributed by atoms with Gasteiger partial charge in [-0.2, -0.15) is 0 Å². The Bertz CT molecular complexity index is 904. The fourth-order valence-corrected chi connectivity index (χ4v) is 3.42. The number of hydrogen-bond acceptors (Lipinski definition) is 3. The van der Waals surface area contributed by atoms with Crippen LogP contribution in [-0.2, 0) is 16.1 Å². The molecule has 2 rings (SSSR count). The number of amides is 2. The molecule has 2 atom stereocenters. The summed E-state index contributed by atoms with van der Waals surface area (Å²) in [5, 5.41) is 4.16. The molecule has 0 saturated heterocycles. The Morgan fingerprint density at radius 3 is 2.39 bits per heavy atom. The van der Waals surface area contributed by atoms with Crippen LogP contribution in [0.3, 0.4) is 0 Å². The molecule has 2 amide bonds. The van der Waals surface area contributed by atoms with Gasteiger partial charge < -0.3 is 15.0 Å². The van der Waals surface area contributed by atoms with E-state index >= 15 is 0 Å². The van der Waals surface area contributed by atoms with Gasteiger partial charge in [-0.1, -0.05) is 55.2 Å². The van der Waals surface area contributed by atoms with Crippen LogP contribution >= 0.6 is 23.2 Å². The second-order valence-electron chi connectivity index (χ2n) is 7.55. The van der Waals surface area contributed by atoms with E-state index in [0.29, 0.717) is 22.2 Å². The van der Waals surface area contributed by atoms with E-state index < -0.39 is 6.04 Å². The third-order valence-corrected chi connectivity index (χ3v) is 5.97. The van der Waals surface area contributed by atoms with E-state index in [1.807, 2.05) is 45.9 Å². The fraction of sp³-hybridized carbons (Fsp3) is 0.417. The number of aryl methyl sites for hydroxylation is 1. The van der Waals surface area contributed by atoms with Crippen molar-refractivity contribution in [1.82, 2.24) is 10.2 Å². The van der Waals surface area contributed by atoms with Crippen molar-refractivity contribution < 1.29 is 14.3 Å². The Hall–Kier alpha value is -2.24. The van der Waals surface area contributed by atoms with E-state index in [0.717, 1.165) is 17.5 Å². The summed E-state index contributed by atoms with van der Waals surface area (Å²) in [6.07, 6.45) is 1.28. The molecule has 0 aliphatic heterocycles. The molecule has 2 aromatic rings. The smallest absolute Gasteiger partial charge is 0.261 e. The largest absolute Gasteiger partial charge is 0.484 e. The molecule has 0 fully saturated rings. The number of rotatable bonds is 10. The summed E-state index contributed by atoms with van der Waals surface area (Å²) in [5.74, 6) is 0.0725. The van der Waals surface area contributed by atoms with Crippen LogP contribution in [-0.4, -0.2) is 35.4 Å². The number of nitrogens with zero attached hydrogens (tertiary/aromatic N) is 1. The van der Waals surface area contributed by atoms with Gasteiger partial charge in [-0.05, 0) is 62.1 Å². The van der Waals surface area contributed by atoms with Crippen molar-refractivity contribution in [3.63, 3.8) is 0 Å². The summed E-state index contributed by atoms with van der Waals surface area (Å²) in [6.45, 7) is 7.72. The van der Waals surface area contributed by atoms with E-state index in [1.165, 1.54) is 0 Å². The normalized spacial score (nSPS) is 12.7. The van der Waals surface area contributed by atoms with Gasteiger partial charge in [0.1, 0.15) is 11.8 Å². The Labute approximate surface area is 194 Å². The van der Waals surface area contributed by atoms with Crippen molar-refractivity contribution >= 4 is 35.0 Å². The lowest BCUT2D eigenvalue weighted by Gasteiger charge is -2.31. The molecule has 0 aliphatic carbocycles. The van der Waals surface area contributed by atoms with Crippen molar-refractivity contribution in [2.45, 2.75) is 59.2 Å². The molecule has 5 nitrogen and oxygen atoms in total. The minimum Gasteiger partial charge on any atom is -0.484 e. The highest BCUT2D eigenvalue weighted by atomic mass is 35.5. The van der Waals surface area contributed by atoms with Gasteiger partial charge in [-0.3, -0.25) is 9.59 Å². The molecule has 31 heavy (non-hydrogen) atoms. The lowest BCUT2D eigenvalue weighted by molar-refractivity contribution is -0.143. The second-order valence-corrected chi connectivity index (χ2v) is 8.37. The predicted molar refractivity (Wildman–Crippen MR) is 126 cm³/mol. The molecule has 1 N–H and O–H groups in total. The minimum absolute atomic E-state index is 0.0205. The molecule has 0 aliphatic rings. The minimum atomic E-state index is -0.631. The Morgan fingerprint density at radius 2 is 1.77 bits per heavy atom. The van der Waals surface area contributed by atoms with Gasteiger partial charge in [0.05, 0.1) is 0 Å². The van der Waals surface area contributed by atoms with Gasteiger partial charge in [0.25, 0.3) is 5.91 Å². The number of hydrogen-bond donors (Lipinski definition) is 1. The molecule has 2 aromatic carbocycles. The van der Waals surface area contributed by atoms with Crippen molar-refractivity contribution in [2.24, 2.45) is 0 Å². The molecular weight excluding hydrogens is 435 g/mol. The zero-order valence-corrected chi connectivity index (χ0v) is 20.0. The monoisotopic (exact) mass is 464 g/mol. The van der Waals surface area contributed by atoms with E-state index in [4.69, 9.17) is 27.9 Å². The quantitative estimate of drug-likeness (QED) is 0.511. The topological polar surface area (TPSA) is 58.6 Å². The molecule has 0 unspecified atom stereocenters. The molecule has 0 bridgehead atoms. The molecule has 7 heteroatoms. The zero-order valence-electron chi connectivity index (χ0n) is 18.5. The van der Waals surface area contributed by atoms with Crippen LogP contribution in [0.4, 0.5) is 0 Å². The highest BCUT2D eigenvalue weighted by Gasteiger charge is 2.30. The van der Waals surface area contributed by atoms with Crippen LogP contribution in [0.1, 0.15) is 44.7 Å². The van der Waals surface area contributed by atoms with Crippen LogP contribution in [0.2, 0.25) is 10.0 Å². The third kappa shape index (κ3) is 7.15. The highest BCUT2D eigenvalue weighted by molar-refractivity contribution is 6.31. The first-order valence-electron chi connectivity index (χ1n) is 10.5. The maximum atomic E-state index is 13.2. The number of benzene rings is 2. The summed E-state index contributed by atoms with van der Waals surface area (Å²) in [4.78, 5) is 27.7. The standard InChI is InChI=1S/C24H30Cl2N2O3/c1-5-17(4)27-24(30)22(6-2)28(14-18-9-7-8-10-21(18)26)23(29)15-31-19-11-12-20(25)16(3)13-19/h7-13,17,22H,5-6,14-15H2,1-4H3,(H,27,30)/t17-,22-/m0/s1. The van der Waals surface area contributed by atoms with Crippen LogP contribution in [0.5, 0.6) is 5.75 Å². The Morgan fingerprint density at radius 1 is 1.06 bits per heavy atom. The van der Waals surface area contributed by atoms with Gasteiger partial charge in [0.15, 0.2) is 6.61 Å². The summed E-state index contributed by atoms with van der Waals surface area (Å²) < 4.78 is 5.71. The molecule has 168 valence electrons. The van der Waals surface area contributed by atoms with Crippen LogP contribution in [0.25, 0.3) is 0 Å². The van der Waals surface area contributed by atoms with E-state index in [-0.39, 0.29) is 31.0 Å². The maximum Gasteiger partial charge on any atom is 0.261 e. The average Bonchev–Trinajstić information content (AvgIpc) is 2.75. The number of nitrogens with one attached hydrogen (secondary N) is 1. The van der Waals surface area contributed by atoms with Crippen molar-refractivity contribution in [3.8, 4) is 5.75 Å².